The average molecular weight is 1100 g/mol. The first-order chi connectivity index (χ1) is 41.9. The molecule has 1 aliphatic carbocycles. The minimum absolute atomic E-state index is 0.188. The van der Waals surface area contributed by atoms with E-state index in [1.807, 2.05) is 47.7 Å². The Morgan fingerprint density at radius 2 is 0.753 bits per heavy atom. The molecule has 12 aromatic carbocycles. The van der Waals surface area contributed by atoms with Crippen LogP contribution in [0, 0.1) is 0 Å². The summed E-state index contributed by atoms with van der Waals surface area (Å²) < 4.78 is 9.77. The van der Waals surface area contributed by atoms with Gasteiger partial charge in [0.15, 0.2) is 11.6 Å². The van der Waals surface area contributed by atoms with Gasteiger partial charge >= 0.3 is 0 Å². The second kappa shape index (κ2) is 18.1. The molecule has 0 aliphatic heterocycles. The lowest BCUT2D eigenvalue weighted by atomic mass is 9.82. The van der Waals surface area contributed by atoms with E-state index in [0.29, 0.717) is 17.6 Å². The summed E-state index contributed by atoms with van der Waals surface area (Å²) in [6, 6.07) is 97.4. The number of aromatic nitrogens is 6. The van der Waals surface area contributed by atoms with E-state index in [2.05, 4.69) is 258 Å². The number of fused-ring (bicyclic) bond motifs is 16. The maximum Gasteiger partial charge on any atom is 0.238 e. The van der Waals surface area contributed by atoms with Gasteiger partial charge in [0.2, 0.25) is 5.95 Å². The van der Waals surface area contributed by atoms with E-state index in [9.17, 15) is 0 Å². The molecule has 0 saturated carbocycles. The van der Waals surface area contributed by atoms with E-state index in [0.717, 1.165) is 66.2 Å². The molecule has 0 radical (unpaired) electrons. The molecular weight excluding hydrogens is 1050 g/mol. The molecule has 6 nitrogen and oxygen atoms in total. The van der Waals surface area contributed by atoms with Crippen molar-refractivity contribution in [3.63, 3.8) is 0 Å². The summed E-state index contributed by atoms with van der Waals surface area (Å²) >= 11 is 1.89. The minimum atomic E-state index is -0.188. The number of rotatable bonds is 7. The predicted octanol–water partition coefficient (Wildman–Crippen LogP) is 20.5. The van der Waals surface area contributed by atoms with Crippen molar-refractivity contribution in [3.8, 4) is 73.5 Å². The fourth-order valence-electron chi connectivity index (χ4n) is 14.1. The van der Waals surface area contributed by atoms with Crippen molar-refractivity contribution in [2.45, 2.75) is 19.3 Å². The zero-order chi connectivity index (χ0) is 56.1. The van der Waals surface area contributed by atoms with E-state index in [4.69, 9.17) is 15.0 Å². The zero-order valence-corrected chi connectivity index (χ0v) is 47.3. The maximum absolute atomic E-state index is 5.35. The van der Waals surface area contributed by atoms with Crippen LogP contribution in [0.25, 0.3) is 159 Å². The van der Waals surface area contributed by atoms with Crippen molar-refractivity contribution < 1.29 is 0 Å². The standard InChI is InChI=1S/C78H50N6S/c1-78(2)65-37-31-49(51-33-39-68-61(43-51)57-35-36-58-56-28-16-18-30-72(56)85-74(58)73(57)83(68)54-25-13-6-14-26-54)41-59(65)60-42-50(32-38-66(60)78)52-34-40-69-62(44-52)64-46-70-63(55-27-15-17-29-67(55)82(70)53-23-11-5-12-24-53)45-71(64)84(69)77-80-75(47-19-7-3-8-20-47)79-76(81-77)48-21-9-4-10-22-48/h3-46H,1-2H3. The SMILES string of the molecule is CC1(C)c2ccc(-c3ccc4c(c3)c3cc5c(cc3n4-c3nc(-c4ccccc4)nc(-c4ccccc4)n3)c3ccccc3n5-c3ccccc3)cc2-c2cc(-c3ccc4c(c3)c3ccc5c6ccccc6sc5c3n4-c3ccccc3)ccc21. The van der Waals surface area contributed by atoms with Crippen LogP contribution in [0.4, 0.5) is 0 Å². The van der Waals surface area contributed by atoms with Crippen LogP contribution < -0.4 is 0 Å². The summed E-state index contributed by atoms with van der Waals surface area (Å²) in [5, 5.41) is 9.70. The number of para-hydroxylation sites is 3. The van der Waals surface area contributed by atoms with Gasteiger partial charge in [-0.1, -0.05) is 196 Å². The van der Waals surface area contributed by atoms with E-state index in [-0.39, 0.29) is 5.41 Å². The quantitative estimate of drug-likeness (QED) is 0.160. The Morgan fingerprint density at radius 3 is 1.38 bits per heavy atom. The molecule has 0 bridgehead atoms. The Labute approximate surface area is 493 Å². The number of thiophene rings is 1. The molecule has 0 N–H and O–H groups in total. The number of hydrogen-bond donors (Lipinski definition) is 0. The van der Waals surface area contributed by atoms with Gasteiger partial charge in [0.1, 0.15) is 0 Å². The lowest BCUT2D eigenvalue weighted by Gasteiger charge is -2.21. The summed E-state index contributed by atoms with van der Waals surface area (Å²) in [5.41, 5.74) is 20.7. The van der Waals surface area contributed by atoms with Gasteiger partial charge in [-0.3, -0.25) is 4.57 Å². The molecule has 85 heavy (non-hydrogen) atoms. The lowest BCUT2D eigenvalue weighted by Crippen LogP contribution is -2.14. The fourth-order valence-corrected chi connectivity index (χ4v) is 15.3. The largest absolute Gasteiger partial charge is 0.309 e. The Morgan fingerprint density at radius 1 is 0.306 bits per heavy atom. The van der Waals surface area contributed by atoms with Crippen LogP contribution in [0.3, 0.4) is 0 Å². The minimum Gasteiger partial charge on any atom is -0.309 e. The van der Waals surface area contributed by atoms with Crippen LogP contribution in [0.2, 0.25) is 0 Å². The maximum atomic E-state index is 5.35. The highest BCUT2D eigenvalue weighted by Gasteiger charge is 2.36. The zero-order valence-electron chi connectivity index (χ0n) is 46.5. The van der Waals surface area contributed by atoms with Crippen LogP contribution in [0.15, 0.2) is 267 Å². The molecule has 7 heteroatoms. The van der Waals surface area contributed by atoms with Crippen molar-refractivity contribution in [1.82, 2.24) is 28.7 Å². The Bertz CT molecular complexity index is 5560. The molecule has 1 aliphatic rings. The van der Waals surface area contributed by atoms with Crippen molar-refractivity contribution in [1.29, 1.82) is 0 Å². The number of nitrogens with zero attached hydrogens (tertiary/aromatic N) is 6. The second-order valence-corrected chi connectivity index (χ2v) is 24.2. The highest BCUT2D eigenvalue weighted by Crippen LogP contribution is 2.52. The summed E-state index contributed by atoms with van der Waals surface area (Å²) in [5.74, 6) is 1.80. The van der Waals surface area contributed by atoms with E-state index >= 15 is 0 Å². The van der Waals surface area contributed by atoms with E-state index in [1.165, 1.54) is 86.4 Å². The molecule has 398 valence electrons. The second-order valence-electron chi connectivity index (χ2n) is 23.1. The van der Waals surface area contributed by atoms with Gasteiger partial charge < -0.3 is 9.13 Å². The third kappa shape index (κ3) is 7.14. The molecule has 17 aromatic rings. The normalized spacial score (nSPS) is 12.9. The molecule has 0 amide bonds. The molecule has 18 rings (SSSR count). The summed E-state index contributed by atoms with van der Waals surface area (Å²) in [6.45, 7) is 4.75. The number of benzene rings is 12. The van der Waals surface area contributed by atoms with Crippen LogP contribution in [0.5, 0.6) is 0 Å². The summed E-state index contributed by atoms with van der Waals surface area (Å²) in [6.07, 6.45) is 0. The molecular formula is C78H50N6S. The Kier molecular flexibility index (Phi) is 10.2. The lowest BCUT2D eigenvalue weighted by molar-refractivity contribution is 0.660. The average Bonchev–Trinajstić information content (AvgIpc) is 1.83. The predicted molar refractivity (Wildman–Crippen MR) is 355 cm³/mol. The van der Waals surface area contributed by atoms with Crippen molar-refractivity contribution in [2.75, 3.05) is 0 Å². The first-order valence-electron chi connectivity index (χ1n) is 29.1. The summed E-state index contributed by atoms with van der Waals surface area (Å²) in [4.78, 5) is 15.8. The van der Waals surface area contributed by atoms with E-state index in [1.54, 1.807) is 0 Å². The van der Waals surface area contributed by atoms with Gasteiger partial charge in [0.05, 0.1) is 37.8 Å². The van der Waals surface area contributed by atoms with Crippen LogP contribution in [-0.2, 0) is 5.41 Å². The number of hydrogen-bond acceptors (Lipinski definition) is 4. The van der Waals surface area contributed by atoms with Gasteiger partial charge in [-0.05, 0) is 129 Å². The van der Waals surface area contributed by atoms with Crippen LogP contribution in [0.1, 0.15) is 25.0 Å². The van der Waals surface area contributed by atoms with Gasteiger partial charge in [0, 0.05) is 75.7 Å². The third-order valence-electron chi connectivity index (χ3n) is 18.1. The Balaban J connectivity index is 0.819. The van der Waals surface area contributed by atoms with Gasteiger partial charge in [0.25, 0.3) is 0 Å². The van der Waals surface area contributed by atoms with Gasteiger partial charge in [-0.15, -0.1) is 11.3 Å². The molecule has 0 unspecified atom stereocenters. The molecule has 0 fully saturated rings. The molecule has 0 saturated heterocycles. The topological polar surface area (TPSA) is 53.5 Å². The first kappa shape index (κ1) is 47.9. The highest BCUT2D eigenvalue weighted by atomic mass is 32.1. The van der Waals surface area contributed by atoms with Crippen molar-refractivity contribution in [2.24, 2.45) is 0 Å². The first-order valence-corrected chi connectivity index (χ1v) is 29.9. The van der Waals surface area contributed by atoms with Gasteiger partial charge in [-0.25, -0.2) is 4.98 Å². The molecule has 0 spiro atoms. The fraction of sp³-hybridized carbons (Fsp3) is 0.0385. The summed E-state index contributed by atoms with van der Waals surface area (Å²) in [7, 11) is 0. The third-order valence-corrected chi connectivity index (χ3v) is 19.3. The molecule has 0 atom stereocenters. The van der Waals surface area contributed by atoms with E-state index < -0.39 is 0 Å². The van der Waals surface area contributed by atoms with Crippen LogP contribution >= 0.6 is 11.3 Å². The molecule has 5 aromatic heterocycles. The van der Waals surface area contributed by atoms with Crippen molar-refractivity contribution in [3.05, 3.63) is 278 Å². The highest BCUT2D eigenvalue weighted by molar-refractivity contribution is 7.26. The molecule has 5 heterocycles. The smallest absolute Gasteiger partial charge is 0.238 e. The van der Waals surface area contributed by atoms with Crippen molar-refractivity contribution >= 4 is 96.9 Å². The van der Waals surface area contributed by atoms with Gasteiger partial charge in [-0.2, -0.15) is 9.97 Å². The van der Waals surface area contributed by atoms with Crippen LogP contribution in [-0.4, -0.2) is 28.7 Å². The monoisotopic (exact) mass is 1100 g/mol. The Hall–Kier alpha value is -10.7.